The molecule has 0 unspecified atom stereocenters. The Kier molecular flexibility index (Phi) is 5.79. The zero-order valence-electron chi connectivity index (χ0n) is 15.8. The molecule has 0 aliphatic carbocycles. The number of ether oxygens (including phenoxy) is 2. The topological polar surface area (TPSA) is 76.1 Å². The molecule has 1 heterocycles. The van der Waals surface area contributed by atoms with E-state index < -0.39 is 11.6 Å². The second-order valence-electron chi connectivity index (χ2n) is 7.07. The van der Waals surface area contributed by atoms with Crippen molar-refractivity contribution in [2.45, 2.75) is 32.3 Å². The first kappa shape index (κ1) is 20.0. The van der Waals surface area contributed by atoms with Gasteiger partial charge < -0.3 is 19.5 Å². The normalized spacial score (nSPS) is 15.0. The Morgan fingerprint density at radius 1 is 1.18 bits per heavy atom. The van der Waals surface area contributed by atoms with Crippen LogP contribution in [0.1, 0.15) is 37.0 Å². The highest BCUT2D eigenvalue weighted by atomic mass is 35.5. The quantitative estimate of drug-likeness (QED) is 0.693. The molecule has 1 aliphatic heterocycles. The average Bonchev–Trinajstić information content (AvgIpc) is 2.65. The number of nitrogens with zero attached hydrogens (tertiary/aromatic N) is 1. The molecular formula is C21H22ClNO5. The number of unbranched alkanes of at least 4 members (excludes halogenated alkanes) is 1. The van der Waals surface area contributed by atoms with E-state index in [0.29, 0.717) is 29.6 Å². The van der Waals surface area contributed by atoms with Crippen LogP contribution in [0.15, 0.2) is 42.5 Å². The summed E-state index contributed by atoms with van der Waals surface area (Å²) in [6.07, 6.45) is 1.49. The van der Waals surface area contributed by atoms with Crippen LogP contribution >= 0.6 is 11.6 Å². The number of aromatic carboxylic acids is 1. The summed E-state index contributed by atoms with van der Waals surface area (Å²) in [6, 6.07) is 11.7. The highest BCUT2D eigenvalue weighted by molar-refractivity contribution is 6.30. The molecule has 0 atom stereocenters. The highest BCUT2D eigenvalue weighted by Gasteiger charge is 2.40. The molecule has 1 aliphatic rings. The van der Waals surface area contributed by atoms with E-state index in [9.17, 15) is 14.7 Å². The van der Waals surface area contributed by atoms with E-state index in [-0.39, 0.29) is 11.5 Å². The van der Waals surface area contributed by atoms with Crippen molar-refractivity contribution in [2.24, 2.45) is 0 Å². The first-order valence-corrected chi connectivity index (χ1v) is 9.42. The predicted molar refractivity (Wildman–Crippen MR) is 107 cm³/mol. The molecule has 2 aromatic rings. The van der Waals surface area contributed by atoms with E-state index in [1.165, 1.54) is 12.1 Å². The minimum absolute atomic E-state index is 0.125. The van der Waals surface area contributed by atoms with Crippen LogP contribution in [0.4, 0.5) is 5.69 Å². The summed E-state index contributed by atoms with van der Waals surface area (Å²) in [4.78, 5) is 25.7. The van der Waals surface area contributed by atoms with Crippen molar-refractivity contribution in [1.82, 2.24) is 0 Å². The summed E-state index contributed by atoms with van der Waals surface area (Å²) < 4.78 is 11.4. The molecule has 6 nitrogen and oxygen atoms in total. The van der Waals surface area contributed by atoms with Crippen molar-refractivity contribution < 1.29 is 24.2 Å². The van der Waals surface area contributed by atoms with Crippen LogP contribution in [0, 0.1) is 0 Å². The second-order valence-corrected chi connectivity index (χ2v) is 7.50. The molecule has 2 aromatic carbocycles. The number of anilines is 1. The molecular weight excluding hydrogens is 382 g/mol. The van der Waals surface area contributed by atoms with Crippen LogP contribution in [0.3, 0.4) is 0 Å². The number of hydrogen-bond acceptors (Lipinski definition) is 4. The number of hydrogen-bond donors (Lipinski definition) is 1. The molecule has 0 spiro atoms. The Morgan fingerprint density at radius 2 is 1.89 bits per heavy atom. The first-order chi connectivity index (χ1) is 13.3. The summed E-state index contributed by atoms with van der Waals surface area (Å²) >= 11 is 5.85. The van der Waals surface area contributed by atoms with Crippen molar-refractivity contribution in [3.63, 3.8) is 0 Å². The van der Waals surface area contributed by atoms with Gasteiger partial charge in [0.25, 0.3) is 5.91 Å². The zero-order chi connectivity index (χ0) is 20.3. The third kappa shape index (κ3) is 4.39. The summed E-state index contributed by atoms with van der Waals surface area (Å²) in [6.45, 7) is 4.38. The molecule has 0 radical (unpaired) electrons. The molecule has 0 fully saturated rings. The number of carboxylic acids is 1. The number of amides is 1. The fourth-order valence-corrected chi connectivity index (χ4v) is 3.15. The lowest BCUT2D eigenvalue weighted by molar-refractivity contribution is -0.132. The van der Waals surface area contributed by atoms with Gasteiger partial charge >= 0.3 is 5.97 Å². The summed E-state index contributed by atoms with van der Waals surface area (Å²) in [5.74, 6) is -0.0323. The third-order valence-corrected chi connectivity index (χ3v) is 4.73. The predicted octanol–water partition coefficient (Wildman–Crippen LogP) is 4.40. The number of carbonyl (C=O) groups is 2. The molecule has 0 bridgehead atoms. The van der Waals surface area contributed by atoms with Crippen molar-refractivity contribution in [3.05, 3.63) is 53.1 Å². The lowest BCUT2D eigenvalue weighted by Crippen LogP contribution is -2.52. The maximum atomic E-state index is 12.8. The van der Waals surface area contributed by atoms with Crippen LogP contribution in [0.5, 0.6) is 11.5 Å². The van der Waals surface area contributed by atoms with E-state index in [4.69, 9.17) is 21.1 Å². The number of benzene rings is 2. The first-order valence-electron chi connectivity index (χ1n) is 9.04. The zero-order valence-corrected chi connectivity index (χ0v) is 16.5. The van der Waals surface area contributed by atoms with Gasteiger partial charge in [-0.25, -0.2) is 4.79 Å². The van der Waals surface area contributed by atoms with Gasteiger partial charge in [-0.3, -0.25) is 4.79 Å². The van der Waals surface area contributed by atoms with E-state index in [0.717, 1.165) is 18.6 Å². The minimum atomic E-state index is -1.05. The molecule has 28 heavy (non-hydrogen) atoms. The van der Waals surface area contributed by atoms with Gasteiger partial charge in [-0.15, -0.1) is 0 Å². The van der Waals surface area contributed by atoms with Gasteiger partial charge in [0.15, 0.2) is 5.60 Å². The lowest BCUT2D eigenvalue weighted by atomic mass is 10.0. The number of rotatable bonds is 7. The van der Waals surface area contributed by atoms with Gasteiger partial charge in [-0.1, -0.05) is 11.6 Å². The summed E-state index contributed by atoms with van der Waals surface area (Å²) in [5.41, 5.74) is -0.336. The van der Waals surface area contributed by atoms with Gasteiger partial charge in [0.05, 0.1) is 17.9 Å². The number of carbonyl (C=O) groups excluding carboxylic acids is 1. The van der Waals surface area contributed by atoms with Gasteiger partial charge in [0.1, 0.15) is 11.5 Å². The third-order valence-electron chi connectivity index (χ3n) is 4.48. The smallest absolute Gasteiger partial charge is 0.335 e. The Labute approximate surface area is 168 Å². The number of halogens is 1. The van der Waals surface area contributed by atoms with Gasteiger partial charge in [-0.2, -0.15) is 0 Å². The highest BCUT2D eigenvalue weighted by Crippen LogP contribution is 2.38. The average molecular weight is 404 g/mol. The molecule has 3 rings (SSSR count). The standard InChI is InChI=1S/C21H22ClNO5/c1-21(2)20(26)23(17-10-5-14(19(24)25)13-18(17)28-21)11-3-4-12-27-16-8-6-15(22)7-9-16/h5-10,13H,3-4,11-12H2,1-2H3,(H,24,25). The molecule has 1 amide bonds. The molecule has 148 valence electrons. The maximum Gasteiger partial charge on any atom is 0.335 e. The van der Waals surface area contributed by atoms with E-state index in [2.05, 4.69) is 0 Å². The molecule has 1 N–H and O–H groups in total. The van der Waals surface area contributed by atoms with Crippen molar-refractivity contribution >= 4 is 29.2 Å². The van der Waals surface area contributed by atoms with Crippen LogP contribution in [0.2, 0.25) is 5.02 Å². The maximum absolute atomic E-state index is 12.8. The number of fused-ring (bicyclic) bond motifs is 1. The van der Waals surface area contributed by atoms with Crippen LogP contribution in [0.25, 0.3) is 0 Å². The SMILES string of the molecule is CC1(C)Oc2cc(C(=O)O)ccc2N(CCCCOc2ccc(Cl)cc2)C1=O. The van der Waals surface area contributed by atoms with Gasteiger partial charge in [0, 0.05) is 11.6 Å². The van der Waals surface area contributed by atoms with Crippen molar-refractivity contribution in [2.75, 3.05) is 18.1 Å². The largest absolute Gasteiger partial charge is 0.494 e. The van der Waals surface area contributed by atoms with E-state index in [1.54, 1.807) is 36.9 Å². The minimum Gasteiger partial charge on any atom is -0.494 e. The van der Waals surface area contributed by atoms with Crippen molar-refractivity contribution in [1.29, 1.82) is 0 Å². The Morgan fingerprint density at radius 3 is 2.57 bits per heavy atom. The van der Waals surface area contributed by atoms with Gasteiger partial charge in [0.2, 0.25) is 0 Å². The second kappa shape index (κ2) is 8.10. The summed E-state index contributed by atoms with van der Waals surface area (Å²) in [7, 11) is 0. The Balaban J connectivity index is 1.63. The molecule has 0 saturated carbocycles. The fraction of sp³-hybridized carbons (Fsp3) is 0.333. The Hall–Kier alpha value is -2.73. The van der Waals surface area contributed by atoms with Crippen LogP contribution < -0.4 is 14.4 Å². The summed E-state index contributed by atoms with van der Waals surface area (Å²) in [5, 5.41) is 9.84. The van der Waals surface area contributed by atoms with E-state index in [1.807, 2.05) is 12.1 Å². The molecule has 7 heteroatoms. The molecule has 0 aromatic heterocycles. The van der Waals surface area contributed by atoms with Crippen LogP contribution in [-0.4, -0.2) is 35.7 Å². The monoisotopic (exact) mass is 403 g/mol. The molecule has 0 saturated heterocycles. The van der Waals surface area contributed by atoms with Gasteiger partial charge in [-0.05, 0) is 69.2 Å². The van der Waals surface area contributed by atoms with Crippen molar-refractivity contribution in [3.8, 4) is 11.5 Å². The fourth-order valence-electron chi connectivity index (χ4n) is 3.02. The van der Waals surface area contributed by atoms with E-state index >= 15 is 0 Å². The van der Waals surface area contributed by atoms with Crippen LogP contribution in [-0.2, 0) is 4.79 Å². The lowest BCUT2D eigenvalue weighted by Gasteiger charge is -2.39. The number of carboxylic acid groups (broad SMARTS) is 1. The Bertz CT molecular complexity index is 879.